The Kier molecular flexibility index (Phi) is 4.41. The molecule has 0 radical (unpaired) electrons. The second-order valence-corrected chi connectivity index (χ2v) is 8.22. The molecule has 5 heteroatoms. The lowest BCUT2D eigenvalue weighted by atomic mass is 9.90. The molecule has 0 aromatic heterocycles. The van der Waals surface area contributed by atoms with Crippen molar-refractivity contribution in [1.82, 2.24) is 0 Å². The summed E-state index contributed by atoms with van der Waals surface area (Å²) in [4.78, 5) is 0. The molecule has 1 aliphatic rings. The molecule has 3 nitrogen and oxygen atoms in total. The summed E-state index contributed by atoms with van der Waals surface area (Å²) in [6.07, 6.45) is 3.82. The fraction of sp³-hybridized carbons (Fsp3) is 0.571. The van der Waals surface area contributed by atoms with E-state index in [1.165, 1.54) is 0 Å². The highest BCUT2D eigenvalue weighted by atomic mass is 35.7. The van der Waals surface area contributed by atoms with Crippen LogP contribution < -0.4 is 4.74 Å². The van der Waals surface area contributed by atoms with Crippen molar-refractivity contribution in [3.05, 3.63) is 29.8 Å². The third-order valence-corrected chi connectivity index (χ3v) is 5.05. The normalized spacial score (nSPS) is 18.4. The van der Waals surface area contributed by atoms with Gasteiger partial charge in [0.2, 0.25) is 9.05 Å². The van der Waals surface area contributed by atoms with Crippen LogP contribution in [-0.4, -0.2) is 20.8 Å². The molecule has 0 N–H and O–H groups in total. The number of hydrogen-bond acceptors (Lipinski definition) is 3. The molecule has 106 valence electrons. The summed E-state index contributed by atoms with van der Waals surface area (Å²) >= 11 is 0. The molecule has 1 aromatic rings. The molecule has 1 aliphatic carbocycles. The number of halogens is 1. The highest BCUT2D eigenvalue weighted by molar-refractivity contribution is 8.13. The van der Waals surface area contributed by atoms with Gasteiger partial charge < -0.3 is 4.74 Å². The topological polar surface area (TPSA) is 43.4 Å². The second-order valence-electron chi connectivity index (χ2n) is 5.44. The zero-order chi connectivity index (χ0) is 13.9. The van der Waals surface area contributed by atoms with Crippen LogP contribution in [0.1, 0.15) is 31.2 Å². The fourth-order valence-electron chi connectivity index (χ4n) is 2.77. The van der Waals surface area contributed by atoms with Crippen LogP contribution in [0.2, 0.25) is 0 Å². The van der Waals surface area contributed by atoms with Gasteiger partial charge in [0.25, 0.3) is 0 Å². The number of ether oxygens (including phenoxy) is 1. The summed E-state index contributed by atoms with van der Waals surface area (Å²) in [5, 5.41) is 0. The van der Waals surface area contributed by atoms with E-state index < -0.39 is 9.05 Å². The molecule has 0 bridgehead atoms. The summed E-state index contributed by atoms with van der Waals surface area (Å²) < 4.78 is 28.6. The minimum Gasteiger partial charge on any atom is -0.493 e. The van der Waals surface area contributed by atoms with Gasteiger partial charge in [0.05, 0.1) is 12.4 Å². The van der Waals surface area contributed by atoms with Gasteiger partial charge in [-0.3, -0.25) is 0 Å². The van der Waals surface area contributed by atoms with Gasteiger partial charge in [0.1, 0.15) is 5.75 Å². The van der Waals surface area contributed by atoms with Gasteiger partial charge in [-0.1, -0.05) is 31.0 Å². The fourth-order valence-corrected chi connectivity index (χ4v) is 4.57. The van der Waals surface area contributed by atoms with Crippen LogP contribution in [0.3, 0.4) is 0 Å². The highest BCUT2D eigenvalue weighted by Gasteiger charge is 2.38. The zero-order valence-electron chi connectivity index (χ0n) is 11.1. The third kappa shape index (κ3) is 4.11. The van der Waals surface area contributed by atoms with Crippen molar-refractivity contribution in [3.63, 3.8) is 0 Å². The molecule has 0 heterocycles. The molecule has 0 amide bonds. The van der Waals surface area contributed by atoms with Crippen LogP contribution in [0.4, 0.5) is 0 Å². The van der Waals surface area contributed by atoms with Crippen molar-refractivity contribution in [2.75, 3.05) is 12.4 Å². The van der Waals surface area contributed by atoms with Crippen molar-refractivity contribution in [2.24, 2.45) is 5.41 Å². The summed E-state index contributed by atoms with van der Waals surface area (Å²) in [6.45, 7) is 2.40. The van der Waals surface area contributed by atoms with Gasteiger partial charge in [-0.05, 0) is 31.4 Å². The number of benzene rings is 1. The molecule has 0 unspecified atom stereocenters. The Hall–Kier alpha value is -0.740. The van der Waals surface area contributed by atoms with Crippen molar-refractivity contribution < 1.29 is 13.2 Å². The van der Waals surface area contributed by atoms with Gasteiger partial charge in [-0.15, -0.1) is 0 Å². The summed E-state index contributed by atoms with van der Waals surface area (Å²) in [7, 11) is 1.94. The van der Waals surface area contributed by atoms with E-state index in [1.54, 1.807) is 0 Å². The van der Waals surface area contributed by atoms with Gasteiger partial charge in [0.15, 0.2) is 0 Å². The lowest BCUT2D eigenvalue weighted by Gasteiger charge is -2.27. The van der Waals surface area contributed by atoms with E-state index in [2.05, 4.69) is 0 Å². The van der Waals surface area contributed by atoms with Gasteiger partial charge in [-0.2, -0.15) is 0 Å². The Morgan fingerprint density at radius 2 is 1.89 bits per heavy atom. The minimum absolute atomic E-state index is 0.00738. The Bertz CT molecular complexity index is 533. The molecule has 0 atom stereocenters. The van der Waals surface area contributed by atoms with E-state index in [9.17, 15) is 8.42 Å². The number of para-hydroxylation sites is 1. The van der Waals surface area contributed by atoms with Crippen LogP contribution >= 0.6 is 10.7 Å². The van der Waals surface area contributed by atoms with Crippen LogP contribution in [0.25, 0.3) is 0 Å². The van der Waals surface area contributed by atoms with Crippen molar-refractivity contribution in [3.8, 4) is 5.75 Å². The number of hydrogen-bond donors (Lipinski definition) is 0. The van der Waals surface area contributed by atoms with E-state index in [-0.39, 0.29) is 11.2 Å². The van der Waals surface area contributed by atoms with E-state index >= 15 is 0 Å². The molecule has 0 saturated heterocycles. The lowest BCUT2D eigenvalue weighted by molar-refractivity contribution is 0.170. The Morgan fingerprint density at radius 3 is 2.47 bits per heavy atom. The molecule has 0 spiro atoms. The first-order valence-electron chi connectivity index (χ1n) is 6.51. The standard InChI is InChI=1S/C14H19ClO3S/c1-12-6-2-3-7-13(12)18-10-14(8-4-5-9-14)11-19(15,16)17/h2-3,6-7H,4-5,8-11H2,1H3. The minimum atomic E-state index is -3.49. The monoisotopic (exact) mass is 302 g/mol. The van der Waals surface area contributed by atoms with Crippen LogP contribution in [-0.2, 0) is 9.05 Å². The maximum atomic E-state index is 11.4. The molecule has 1 fully saturated rings. The van der Waals surface area contributed by atoms with Gasteiger partial charge in [0, 0.05) is 16.1 Å². The highest BCUT2D eigenvalue weighted by Crippen LogP contribution is 2.40. The maximum Gasteiger partial charge on any atom is 0.233 e. The molecule has 1 saturated carbocycles. The lowest BCUT2D eigenvalue weighted by Crippen LogP contribution is -2.32. The summed E-state index contributed by atoms with van der Waals surface area (Å²) in [5.41, 5.74) is 0.743. The van der Waals surface area contributed by atoms with Crippen molar-refractivity contribution in [1.29, 1.82) is 0 Å². The summed E-state index contributed by atoms with van der Waals surface area (Å²) in [5.74, 6) is 0.828. The predicted octanol–water partition coefficient (Wildman–Crippen LogP) is 3.50. The smallest absolute Gasteiger partial charge is 0.233 e. The Labute approximate surface area is 119 Å². The first-order chi connectivity index (χ1) is 8.90. The first kappa shape index (κ1) is 14.7. The predicted molar refractivity (Wildman–Crippen MR) is 77.2 cm³/mol. The average molecular weight is 303 g/mol. The van der Waals surface area contributed by atoms with Crippen LogP contribution in [0.15, 0.2) is 24.3 Å². The average Bonchev–Trinajstić information content (AvgIpc) is 2.74. The quantitative estimate of drug-likeness (QED) is 0.782. The van der Waals surface area contributed by atoms with Gasteiger partial charge in [-0.25, -0.2) is 8.42 Å². The molecular formula is C14H19ClO3S. The van der Waals surface area contributed by atoms with Gasteiger partial charge >= 0.3 is 0 Å². The molecule has 19 heavy (non-hydrogen) atoms. The maximum absolute atomic E-state index is 11.4. The SMILES string of the molecule is Cc1ccccc1OCC1(CS(=O)(=O)Cl)CCCC1. The second kappa shape index (κ2) is 5.71. The molecule has 0 aliphatic heterocycles. The molecule has 1 aromatic carbocycles. The largest absolute Gasteiger partial charge is 0.493 e. The van der Waals surface area contributed by atoms with E-state index in [1.807, 2.05) is 31.2 Å². The Morgan fingerprint density at radius 1 is 1.26 bits per heavy atom. The van der Waals surface area contributed by atoms with Crippen molar-refractivity contribution >= 4 is 19.7 Å². The third-order valence-electron chi connectivity index (χ3n) is 3.77. The Balaban J connectivity index is 2.08. The molecular weight excluding hydrogens is 284 g/mol. The number of rotatable bonds is 5. The number of aryl methyl sites for hydroxylation is 1. The first-order valence-corrected chi connectivity index (χ1v) is 8.99. The van der Waals surface area contributed by atoms with E-state index in [0.29, 0.717) is 6.61 Å². The van der Waals surface area contributed by atoms with E-state index in [4.69, 9.17) is 15.4 Å². The molecule has 2 rings (SSSR count). The zero-order valence-corrected chi connectivity index (χ0v) is 12.6. The van der Waals surface area contributed by atoms with Crippen LogP contribution in [0, 0.1) is 12.3 Å². The van der Waals surface area contributed by atoms with Crippen LogP contribution in [0.5, 0.6) is 5.75 Å². The van der Waals surface area contributed by atoms with Crippen molar-refractivity contribution in [2.45, 2.75) is 32.6 Å². The van der Waals surface area contributed by atoms with E-state index in [0.717, 1.165) is 37.0 Å². The summed E-state index contributed by atoms with van der Waals surface area (Å²) in [6, 6.07) is 7.76.